The Balaban J connectivity index is 2.18. The van der Waals surface area contributed by atoms with Crippen LogP contribution in [-0.4, -0.2) is 6.29 Å². The van der Waals surface area contributed by atoms with Gasteiger partial charge in [-0.25, -0.2) is 13.2 Å². The summed E-state index contributed by atoms with van der Waals surface area (Å²) >= 11 is 0. The summed E-state index contributed by atoms with van der Waals surface area (Å²) in [5.74, 6) is -3.00. The van der Waals surface area contributed by atoms with Crippen LogP contribution in [0.3, 0.4) is 0 Å². The third kappa shape index (κ3) is 3.13. The average molecular weight is 266 g/mol. The third-order valence-electron chi connectivity index (χ3n) is 2.43. The number of halogens is 3. The van der Waals surface area contributed by atoms with Crippen molar-refractivity contribution < 1.29 is 22.7 Å². The van der Waals surface area contributed by atoms with E-state index >= 15 is 0 Å². The number of rotatable bonds is 4. The van der Waals surface area contributed by atoms with Crippen molar-refractivity contribution in [2.24, 2.45) is 0 Å². The fourth-order valence-corrected chi connectivity index (χ4v) is 1.57. The van der Waals surface area contributed by atoms with Crippen LogP contribution in [0.25, 0.3) is 0 Å². The summed E-state index contributed by atoms with van der Waals surface area (Å²) in [6, 6.07) is 7.24. The summed E-state index contributed by atoms with van der Waals surface area (Å²) < 4.78 is 44.8. The number of benzene rings is 2. The van der Waals surface area contributed by atoms with Crippen molar-refractivity contribution in [1.82, 2.24) is 0 Å². The zero-order chi connectivity index (χ0) is 13.8. The monoisotopic (exact) mass is 266 g/mol. The smallest absolute Gasteiger partial charge is 0.191 e. The highest BCUT2D eigenvalue weighted by Crippen LogP contribution is 2.23. The highest BCUT2D eigenvalue weighted by atomic mass is 19.1. The van der Waals surface area contributed by atoms with Gasteiger partial charge in [-0.05, 0) is 29.8 Å². The molecular weight excluding hydrogens is 257 g/mol. The molecular formula is C14H9F3O2. The minimum Gasteiger partial charge on any atom is -0.483 e. The van der Waals surface area contributed by atoms with E-state index in [1.54, 1.807) is 6.07 Å². The lowest BCUT2D eigenvalue weighted by Gasteiger charge is -2.09. The van der Waals surface area contributed by atoms with Gasteiger partial charge in [-0.2, -0.15) is 0 Å². The van der Waals surface area contributed by atoms with Crippen molar-refractivity contribution in [3.8, 4) is 5.75 Å². The van der Waals surface area contributed by atoms with Crippen molar-refractivity contribution in [3.05, 3.63) is 65.0 Å². The molecule has 0 aliphatic rings. The van der Waals surface area contributed by atoms with Crippen LogP contribution in [0.1, 0.15) is 15.9 Å². The van der Waals surface area contributed by atoms with Crippen LogP contribution in [0.5, 0.6) is 5.75 Å². The molecule has 0 N–H and O–H groups in total. The van der Waals surface area contributed by atoms with E-state index in [1.807, 2.05) is 0 Å². The lowest BCUT2D eigenvalue weighted by molar-refractivity contribution is 0.112. The van der Waals surface area contributed by atoms with Crippen LogP contribution < -0.4 is 4.74 Å². The predicted octanol–water partition coefficient (Wildman–Crippen LogP) is 3.50. The number of carbonyl (C=O) groups excluding carboxylic acids is 1. The molecule has 2 rings (SSSR count). The maximum absolute atomic E-state index is 13.5. The Hall–Kier alpha value is -2.30. The number of carbonyl (C=O) groups is 1. The molecule has 2 nitrogen and oxygen atoms in total. The molecule has 0 aliphatic heterocycles. The van der Waals surface area contributed by atoms with Crippen LogP contribution in [0.2, 0.25) is 0 Å². The third-order valence-corrected chi connectivity index (χ3v) is 2.43. The molecule has 0 unspecified atom stereocenters. The summed E-state index contributed by atoms with van der Waals surface area (Å²) in [5, 5.41) is 0. The standard InChI is InChI=1S/C14H9F3O2/c15-11-3-1-2-9(4-11)8-19-14-12(16)5-10(7-18)6-13(14)17/h1-7H,8H2. The fraction of sp³-hybridized carbons (Fsp3) is 0.0714. The van der Waals surface area contributed by atoms with Crippen LogP contribution in [0.4, 0.5) is 13.2 Å². The maximum atomic E-state index is 13.5. The van der Waals surface area contributed by atoms with E-state index in [4.69, 9.17) is 4.74 Å². The van der Waals surface area contributed by atoms with E-state index in [2.05, 4.69) is 0 Å². The highest BCUT2D eigenvalue weighted by molar-refractivity contribution is 5.75. The zero-order valence-electron chi connectivity index (χ0n) is 9.70. The highest BCUT2D eigenvalue weighted by Gasteiger charge is 2.12. The first-order chi connectivity index (χ1) is 9.10. The molecule has 0 radical (unpaired) electrons. The first-order valence-corrected chi connectivity index (χ1v) is 5.41. The molecule has 0 saturated heterocycles. The second-order valence-corrected chi connectivity index (χ2v) is 3.85. The van der Waals surface area contributed by atoms with Gasteiger partial charge in [0.1, 0.15) is 18.7 Å². The van der Waals surface area contributed by atoms with Crippen LogP contribution in [-0.2, 0) is 6.61 Å². The summed E-state index contributed by atoms with van der Waals surface area (Å²) in [4.78, 5) is 10.4. The molecule has 98 valence electrons. The molecule has 0 amide bonds. The lowest BCUT2D eigenvalue weighted by Crippen LogP contribution is -2.01. The minimum atomic E-state index is -0.974. The summed E-state index contributed by atoms with van der Waals surface area (Å²) in [5.41, 5.74) is 0.325. The number of hydrogen-bond acceptors (Lipinski definition) is 2. The molecule has 0 atom stereocenters. The van der Waals surface area contributed by atoms with Crippen molar-refractivity contribution in [3.63, 3.8) is 0 Å². The largest absolute Gasteiger partial charge is 0.483 e. The van der Waals surface area contributed by atoms with Crippen molar-refractivity contribution in [2.75, 3.05) is 0 Å². The molecule has 0 aliphatic carbocycles. The topological polar surface area (TPSA) is 26.3 Å². The molecule has 0 aromatic heterocycles. The van der Waals surface area contributed by atoms with E-state index in [9.17, 15) is 18.0 Å². The fourth-order valence-electron chi connectivity index (χ4n) is 1.57. The maximum Gasteiger partial charge on any atom is 0.191 e. The number of aldehydes is 1. The summed E-state index contributed by atoms with van der Waals surface area (Å²) in [7, 11) is 0. The van der Waals surface area contributed by atoms with Crippen molar-refractivity contribution >= 4 is 6.29 Å². The Kier molecular flexibility index (Phi) is 3.85. The van der Waals surface area contributed by atoms with Gasteiger partial charge in [0.05, 0.1) is 0 Å². The second kappa shape index (κ2) is 5.56. The van der Waals surface area contributed by atoms with Gasteiger partial charge in [0.25, 0.3) is 0 Å². The SMILES string of the molecule is O=Cc1cc(F)c(OCc2cccc(F)c2)c(F)c1. The molecule has 0 fully saturated rings. The van der Waals surface area contributed by atoms with Gasteiger partial charge in [-0.3, -0.25) is 4.79 Å². The minimum absolute atomic E-state index is 0.117. The van der Waals surface area contributed by atoms with Crippen LogP contribution in [0.15, 0.2) is 36.4 Å². The normalized spacial score (nSPS) is 10.3. The molecule has 0 spiro atoms. The molecule has 0 bridgehead atoms. The van der Waals surface area contributed by atoms with Gasteiger partial charge in [0, 0.05) is 5.56 Å². The van der Waals surface area contributed by atoms with Crippen LogP contribution in [0, 0.1) is 17.5 Å². The molecule has 2 aromatic rings. The Bertz CT molecular complexity index is 588. The number of hydrogen-bond donors (Lipinski definition) is 0. The summed E-state index contributed by atoms with van der Waals surface area (Å²) in [6.45, 7) is -0.175. The molecule has 19 heavy (non-hydrogen) atoms. The van der Waals surface area contributed by atoms with E-state index in [1.165, 1.54) is 18.2 Å². The van der Waals surface area contributed by atoms with Gasteiger partial charge >= 0.3 is 0 Å². The average Bonchev–Trinajstić information content (AvgIpc) is 2.37. The Morgan fingerprint density at radius 2 is 1.74 bits per heavy atom. The van der Waals surface area contributed by atoms with E-state index in [0.29, 0.717) is 11.8 Å². The van der Waals surface area contributed by atoms with E-state index < -0.39 is 23.2 Å². The molecule has 0 heterocycles. The van der Waals surface area contributed by atoms with E-state index in [-0.39, 0.29) is 12.2 Å². The van der Waals surface area contributed by atoms with Crippen molar-refractivity contribution in [2.45, 2.75) is 6.61 Å². The van der Waals surface area contributed by atoms with Crippen LogP contribution >= 0.6 is 0 Å². The Morgan fingerprint density at radius 1 is 1.05 bits per heavy atom. The summed E-state index contributed by atoms with van der Waals surface area (Å²) in [6.07, 6.45) is 0.336. The molecule has 5 heteroatoms. The van der Waals surface area contributed by atoms with Gasteiger partial charge in [-0.15, -0.1) is 0 Å². The second-order valence-electron chi connectivity index (χ2n) is 3.85. The quantitative estimate of drug-likeness (QED) is 0.792. The Morgan fingerprint density at radius 3 is 2.32 bits per heavy atom. The first kappa shape index (κ1) is 13.1. The van der Waals surface area contributed by atoms with Gasteiger partial charge in [0.2, 0.25) is 0 Å². The van der Waals surface area contributed by atoms with Crippen molar-refractivity contribution in [1.29, 1.82) is 0 Å². The van der Waals surface area contributed by atoms with Gasteiger partial charge in [0.15, 0.2) is 17.4 Å². The first-order valence-electron chi connectivity index (χ1n) is 5.41. The predicted molar refractivity (Wildman–Crippen MR) is 62.5 cm³/mol. The van der Waals surface area contributed by atoms with Gasteiger partial charge in [-0.1, -0.05) is 12.1 Å². The van der Waals surface area contributed by atoms with E-state index in [0.717, 1.165) is 12.1 Å². The lowest BCUT2D eigenvalue weighted by atomic mass is 10.2. The molecule has 0 saturated carbocycles. The Labute approximate surface area is 107 Å². The number of ether oxygens (including phenoxy) is 1. The molecule has 2 aromatic carbocycles. The zero-order valence-corrected chi connectivity index (χ0v) is 9.70. The van der Waals surface area contributed by atoms with Gasteiger partial charge < -0.3 is 4.74 Å².